The van der Waals surface area contributed by atoms with E-state index in [0.29, 0.717) is 36.0 Å². The minimum absolute atomic E-state index is 0.0597. The predicted molar refractivity (Wildman–Crippen MR) is 147 cm³/mol. The summed E-state index contributed by atoms with van der Waals surface area (Å²) in [5.41, 5.74) is 2.98. The van der Waals surface area contributed by atoms with Crippen molar-refractivity contribution >= 4 is 46.7 Å². The number of carboxylic acid groups (broad SMARTS) is 1. The van der Waals surface area contributed by atoms with Gasteiger partial charge in [-0.25, -0.2) is 14.4 Å². The fraction of sp³-hybridized carbons (Fsp3) is 0.296. The summed E-state index contributed by atoms with van der Waals surface area (Å²) in [6, 6.07) is 16.5. The number of nitrogens with zero attached hydrogens (tertiary/aromatic N) is 1. The van der Waals surface area contributed by atoms with Crippen LogP contribution in [0.15, 0.2) is 54.6 Å². The molecule has 37 heavy (non-hydrogen) atoms. The van der Waals surface area contributed by atoms with Crippen molar-refractivity contribution in [3.63, 3.8) is 0 Å². The number of unbranched alkanes of at least 4 members (excludes halogenated alkanes) is 1. The Hall–Kier alpha value is -3.56. The van der Waals surface area contributed by atoms with Crippen LogP contribution in [0.5, 0.6) is 0 Å². The van der Waals surface area contributed by atoms with Gasteiger partial charge in [-0.2, -0.15) is 0 Å². The summed E-state index contributed by atoms with van der Waals surface area (Å²) >= 11 is 7.50. The molecule has 2 aromatic carbocycles. The Bertz CT molecular complexity index is 1230. The monoisotopic (exact) mass is 543 g/mol. The van der Waals surface area contributed by atoms with Crippen LogP contribution in [0.1, 0.15) is 40.6 Å². The van der Waals surface area contributed by atoms with Crippen molar-refractivity contribution in [1.82, 2.24) is 10.2 Å². The largest absolute Gasteiger partial charge is 0.477 e. The molecule has 3 amide bonds. The fourth-order valence-corrected chi connectivity index (χ4v) is 4.89. The molecule has 3 N–H and O–H groups in total. The molecule has 8 nitrogen and oxygen atoms in total. The molecule has 0 aliphatic rings. The summed E-state index contributed by atoms with van der Waals surface area (Å²) in [5, 5.41) is 15.8. The minimum atomic E-state index is -1.11. The fourth-order valence-electron chi connectivity index (χ4n) is 3.73. The van der Waals surface area contributed by atoms with Crippen molar-refractivity contribution in [3.05, 3.63) is 75.6 Å². The second kappa shape index (κ2) is 13.7. The molecule has 0 spiro atoms. The molecule has 0 bridgehead atoms. The molecule has 196 valence electrons. The first-order valence-electron chi connectivity index (χ1n) is 11.9. The molecular weight excluding hydrogens is 514 g/mol. The smallest absolute Gasteiger partial charge is 0.406 e. The predicted octanol–water partition coefficient (Wildman–Crippen LogP) is 6.50. The van der Waals surface area contributed by atoms with Gasteiger partial charge >= 0.3 is 18.1 Å². The molecule has 1 heterocycles. The molecule has 0 aliphatic heterocycles. The van der Waals surface area contributed by atoms with Gasteiger partial charge in [0, 0.05) is 29.5 Å². The summed E-state index contributed by atoms with van der Waals surface area (Å²) in [6.07, 6.45) is 1.79. The number of halogens is 1. The number of alkyl carbamates (subject to hydrolysis) is 1. The Balaban J connectivity index is 1.73. The van der Waals surface area contributed by atoms with E-state index in [4.69, 9.17) is 11.6 Å². The first-order chi connectivity index (χ1) is 17.8. The number of amides is 3. The van der Waals surface area contributed by atoms with E-state index in [9.17, 15) is 19.5 Å². The van der Waals surface area contributed by atoms with Crippen molar-refractivity contribution < 1.29 is 24.2 Å². The van der Waals surface area contributed by atoms with Gasteiger partial charge in [-0.1, -0.05) is 48.0 Å². The second-order valence-electron chi connectivity index (χ2n) is 8.27. The number of hydrogen-bond donors (Lipinski definition) is 3. The highest BCUT2D eigenvalue weighted by Crippen LogP contribution is 2.36. The van der Waals surface area contributed by atoms with Crippen LogP contribution in [0.4, 0.5) is 15.3 Å². The van der Waals surface area contributed by atoms with Crippen LogP contribution in [-0.2, 0) is 17.7 Å². The number of benzene rings is 2. The second-order valence-corrected chi connectivity index (χ2v) is 9.73. The number of carboxylic acids is 1. The Morgan fingerprint density at radius 2 is 1.84 bits per heavy atom. The molecule has 3 aromatic rings. The lowest BCUT2D eigenvalue weighted by molar-refractivity contribution is 0.0703. The van der Waals surface area contributed by atoms with Gasteiger partial charge in [0.05, 0.1) is 12.8 Å². The van der Waals surface area contributed by atoms with Gasteiger partial charge in [0.2, 0.25) is 0 Å². The Labute approximate surface area is 225 Å². The SMILES string of the molecule is CCN(Cc1ccccc1)C(=O)Nc1cc(-c2ccc(Cl)c(CCCCNC(=O)OC)c2)sc1C(=O)O. The van der Waals surface area contributed by atoms with E-state index in [1.165, 1.54) is 7.11 Å². The van der Waals surface area contributed by atoms with Gasteiger partial charge in [0.1, 0.15) is 4.88 Å². The number of ether oxygens (including phenoxy) is 1. The molecule has 0 atom stereocenters. The third-order valence-electron chi connectivity index (χ3n) is 5.71. The van der Waals surface area contributed by atoms with E-state index in [0.717, 1.165) is 40.9 Å². The van der Waals surface area contributed by atoms with Gasteiger partial charge in [-0.05, 0) is 61.1 Å². The van der Waals surface area contributed by atoms with Gasteiger partial charge in [0.15, 0.2) is 0 Å². The van der Waals surface area contributed by atoms with E-state index in [-0.39, 0.29) is 16.6 Å². The van der Waals surface area contributed by atoms with Crippen LogP contribution in [0.2, 0.25) is 5.02 Å². The standard InChI is InChI=1S/C27H30ClN3O5S/c1-3-31(17-18-9-5-4-6-10-18)26(34)30-22-16-23(37-24(22)25(32)33)20-12-13-21(28)19(15-20)11-7-8-14-29-27(35)36-2/h4-6,9-10,12-13,15-16H,3,7-8,11,14,17H2,1-2H3,(H,29,35)(H,30,34)(H,32,33). The Kier molecular flexibility index (Phi) is 10.3. The maximum Gasteiger partial charge on any atom is 0.406 e. The number of rotatable bonds is 11. The van der Waals surface area contributed by atoms with Crippen LogP contribution in [0.3, 0.4) is 0 Å². The van der Waals surface area contributed by atoms with Crippen molar-refractivity contribution in [2.75, 3.05) is 25.5 Å². The molecule has 0 saturated carbocycles. The van der Waals surface area contributed by atoms with Crippen LogP contribution in [-0.4, -0.2) is 48.3 Å². The van der Waals surface area contributed by atoms with Crippen molar-refractivity contribution in [1.29, 1.82) is 0 Å². The number of hydrogen-bond acceptors (Lipinski definition) is 5. The van der Waals surface area contributed by atoms with E-state index >= 15 is 0 Å². The Morgan fingerprint density at radius 3 is 2.51 bits per heavy atom. The lowest BCUT2D eigenvalue weighted by Gasteiger charge is -2.21. The topological polar surface area (TPSA) is 108 Å². The minimum Gasteiger partial charge on any atom is -0.477 e. The zero-order valence-corrected chi connectivity index (χ0v) is 22.3. The zero-order chi connectivity index (χ0) is 26.8. The van der Waals surface area contributed by atoms with Crippen LogP contribution >= 0.6 is 22.9 Å². The average Bonchev–Trinajstić information content (AvgIpc) is 3.32. The lowest BCUT2D eigenvalue weighted by atomic mass is 10.0. The summed E-state index contributed by atoms with van der Waals surface area (Å²) < 4.78 is 4.56. The molecule has 0 unspecified atom stereocenters. The third kappa shape index (κ3) is 7.96. The first kappa shape index (κ1) is 28.0. The lowest BCUT2D eigenvalue weighted by Crippen LogP contribution is -2.34. The highest BCUT2D eigenvalue weighted by atomic mass is 35.5. The van der Waals surface area contributed by atoms with Gasteiger partial charge in [-0.15, -0.1) is 11.3 Å². The quantitative estimate of drug-likeness (QED) is 0.239. The number of aryl methyl sites for hydroxylation is 1. The third-order valence-corrected chi connectivity index (χ3v) is 7.25. The van der Waals surface area contributed by atoms with E-state index < -0.39 is 12.1 Å². The molecular formula is C27H30ClN3O5S. The summed E-state index contributed by atoms with van der Waals surface area (Å²) in [6.45, 7) is 3.26. The normalized spacial score (nSPS) is 10.6. The van der Waals surface area contributed by atoms with Crippen molar-refractivity contribution in [3.8, 4) is 10.4 Å². The van der Waals surface area contributed by atoms with E-state index in [2.05, 4.69) is 15.4 Å². The van der Waals surface area contributed by atoms with E-state index in [1.807, 2.05) is 49.4 Å². The number of carbonyl (C=O) groups is 3. The summed E-state index contributed by atoms with van der Waals surface area (Å²) in [7, 11) is 1.32. The Morgan fingerprint density at radius 1 is 1.08 bits per heavy atom. The molecule has 3 rings (SSSR count). The molecule has 10 heteroatoms. The summed E-state index contributed by atoms with van der Waals surface area (Å²) in [4.78, 5) is 38.5. The number of aromatic carboxylic acids is 1. The highest BCUT2D eigenvalue weighted by molar-refractivity contribution is 7.18. The molecule has 0 aliphatic carbocycles. The number of nitrogens with one attached hydrogen (secondary N) is 2. The van der Waals surface area contributed by atoms with E-state index in [1.54, 1.807) is 17.0 Å². The van der Waals surface area contributed by atoms with Crippen LogP contribution in [0, 0.1) is 0 Å². The molecule has 0 fully saturated rings. The first-order valence-corrected chi connectivity index (χ1v) is 13.1. The van der Waals surface area contributed by atoms with Crippen LogP contribution < -0.4 is 10.6 Å². The van der Waals surface area contributed by atoms with Crippen LogP contribution in [0.25, 0.3) is 10.4 Å². The van der Waals surface area contributed by atoms with Gasteiger partial charge < -0.3 is 25.4 Å². The zero-order valence-electron chi connectivity index (χ0n) is 20.8. The number of anilines is 1. The number of carbonyl (C=O) groups excluding carboxylic acids is 2. The number of thiophene rings is 1. The van der Waals surface area contributed by atoms with Gasteiger partial charge in [-0.3, -0.25) is 0 Å². The summed E-state index contributed by atoms with van der Waals surface area (Å²) in [5.74, 6) is -1.11. The van der Waals surface area contributed by atoms with Crippen molar-refractivity contribution in [2.24, 2.45) is 0 Å². The van der Waals surface area contributed by atoms with Gasteiger partial charge in [0.25, 0.3) is 0 Å². The van der Waals surface area contributed by atoms with Crippen molar-refractivity contribution in [2.45, 2.75) is 32.7 Å². The molecule has 1 aromatic heterocycles. The maximum atomic E-state index is 13.0. The average molecular weight is 544 g/mol. The number of methoxy groups -OCH3 is 1. The number of urea groups is 1. The molecule has 0 radical (unpaired) electrons. The molecule has 0 saturated heterocycles. The highest BCUT2D eigenvalue weighted by Gasteiger charge is 2.21. The maximum absolute atomic E-state index is 13.0.